The van der Waals surface area contributed by atoms with Crippen molar-refractivity contribution in [1.82, 2.24) is 5.32 Å². The molecule has 3 unspecified atom stereocenters. The van der Waals surface area contributed by atoms with E-state index in [2.05, 4.69) is 56.4 Å². The molecule has 1 fully saturated rings. The van der Waals surface area contributed by atoms with Crippen LogP contribution < -0.4 is 5.32 Å². The van der Waals surface area contributed by atoms with Crippen molar-refractivity contribution in [1.29, 1.82) is 0 Å². The topological polar surface area (TPSA) is 12.0 Å². The van der Waals surface area contributed by atoms with E-state index in [4.69, 9.17) is 0 Å². The Hall–Kier alpha value is -0.820. The van der Waals surface area contributed by atoms with Crippen LogP contribution in [0.1, 0.15) is 64.4 Å². The van der Waals surface area contributed by atoms with Crippen molar-refractivity contribution in [3.63, 3.8) is 0 Å². The standard InChI is InChI=1S/C19H31N/c1-15(2)18-10-7-11-19(14-18)20-13-12-16(3)17-8-5-4-6-9-17/h4-6,8-9,15-16,18-20H,7,10-14H2,1-3H3. The zero-order chi connectivity index (χ0) is 14.4. The summed E-state index contributed by atoms with van der Waals surface area (Å²) in [5.74, 6) is 2.45. The molecular formula is C19H31N. The summed E-state index contributed by atoms with van der Waals surface area (Å²) in [6.45, 7) is 8.26. The Morgan fingerprint density at radius 1 is 1.10 bits per heavy atom. The van der Waals surface area contributed by atoms with Gasteiger partial charge in [0.25, 0.3) is 0 Å². The van der Waals surface area contributed by atoms with Gasteiger partial charge >= 0.3 is 0 Å². The van der Waals surface area contributed by atoms with Crippen molar-refractivity contribution in [2.24, 2.45) is 11.8 Å². The van der Waals surface area contributed by atoms with Gasteiger partial charge in [-0.05, 0) is 49.1 Å². The summed E-state index contributed by atoms with van der Waals surface area (Å²) in [5, 5.41) is 3.81. The highest BCUT2D eigenvalue weighted by atomic mass is 14.9. The molecule has 1 aromatic rings. The van der Waals surface area contributed by atoms with Crippen LogP contribution in [0.5, 0.6) is 0 Å². The summed E-state index contributed by atoms with van der Waals surface area (Å²) in [5.41, 5.74) is 1.47. The van der Waals surface area contributed by atoms with E-state index in [-0.39, 0.29) is 0 Å². The third-order valence-corrected chi connectivity index (χ3v) is 5.04. The molecule has 1 heteroatoms. The van der Waals surface area contributed by atoms with Gasteiger partial charge in [-0.1, -0.05) is 63.9 Å². The highest BCUT2D eigenvalue weighted by Crippen LogP contribution is 2.30. The van der Waals surface area contributed by atoms with E-state index in [1.54, 1.807) is 0 Å². The predicted octanol–water partition coefficient (Wildman–Crippen LogP) is 4.98. The number of benzene rings is 1. The highest BCUT2D eigenvalue weighted by molar-refractivity contribution is 5.18. The second kappa shape index (κ2) is 7.83. The van der Waals surface area contributed by atoms with Crippen molar-refractivity contribution in [3.05, 3.63) is 35.9 Å². The van der Waals surface area contributed by atoms with Crippen LogP contribution in [0.3, 0.4) is 0 Å². The number of hydrogen-bond acceptors (Lipinski definition) is 1. The van der Waals surface area contributed by atoms with Gasteiger partial charge in [0, 0.05) is 6.04 Å². The first-order valence-electron chi connectivity index (χ1n) is 8.45. The normalized spacial score (nSPS) is 24.8. The van der Waals surface area contributed by atoms with Gasteiger partial charge in [-0.3, -0.25) is 0 Å². The van der Waals surface area contributed by atoms with Crippen LogP contribution in [0.4, 0.5) is 0 Å². The van der Waals surface area contributed by atoms with Gasteiger partial charge in [-0.25, -0.2) is 0 Å². The van der Waals surface area contributed by atoms with E-state index in [1.807, 2.05) is 0 Å². The van der Waals surface area contributed by atoms with Gasteiger partial charge in [0.15, 0.2) is 0 Å². The molecule has 0 aromatic heterocycles. The quantitative estimate of drug-likeness (QED) is 0.770. The Labute approximate surface area is 125 Å². The number of rotatable bonds is 6. The van der Waals surface area contributed by atoms with Crippen LogP contribution in [0.15, 0.2) is 30.3 Å². The molecule has 1 saturated carbocycles. The first kappa shape index (κ1) is 15.6. The second-order valence-corrected chi connectivity index (χ2v) is 6.92. The minimum atomic E-state index is 0.660. The molecule has 1 N–H and O–H groups in total. The molecule has 0 radical (unpaired) electrons. The zero-order valence-corrected chi connectivity index (χ0v) is 13.4. The average molecular weight is 273 g/mol. The Morgan fingerprint density at radius 2 is 1.85 bits per heavy atom. The van der Waals surface area contributed by atoms with Crippen LogP contribution in [0.25, 0.3) is 0 Å². The lowest BCUT2D eigenvalue weighted by Crippen LogP contribution is -2.36. The molecule has 3 atom stereocenters. The van der Waals surface area contributed by atoms with E-state index in [0.29, 0.717) is 5.92 Å². The van der Waals surface area contributed by atoms with E-state index in [9.17, 15) is 0 Å². The maximum absolute atomic E-state index is 3.81. The van der Waals surface area contributed by atoms with Crippen LogP contribution in [0.2, 0.25) is 0 Å². The molecule has 0 heterocycles. The molecule has 1 aromatic carbocycles. The van der Waals surface area contributed by atoms with Crippen LogP contribution >= 0.6 is 0 Å². The first-order chi connectivity index (χ1) is 9.66. The molecule has 0 aliphatic heterocycles. The molecule has 1 nitrogen and oxygen atoms in total. The minimum Gasteiger partial charge on any atom is -0.314 e. The lowest BCUT2D eigenvalue weighted by molar-refractivity contribution is 0.231. The summed E-state index contributed by atoms with van der Waals surface area (Å²) in [4.78, 5) is 0. The summed E-state index contributed by atoms with van der Waals surface area (Å²) >= 11 is 0. The third-order valence-electron chi connectivity index (χ3n) is 5.04. The first-order valence-corrected chi connectivity index (χ1v) is 8.45. The van der Waals surface area contributed by atoms with E-state index in [0.717, 1.165) is 24.4 Å². The molecule has 0 spiro atoms. The Bertz CT molecular complexity index is 371. The van der Waals surface area contributed by atoms with E-state index < -0.39 is 0 Å². The second-order valence-electron chi connectivity index (χ2n) is 6.92. The van der Waals surface area contributed by atoms with Crippen molar-refractivity contribution in [2.45, 2.75) is 64.8 Å². The van der Waals surface area contributed by atoms with Crippen molar-refractivity contribution in [2.75, 3.05) is 6.54 Å². The van der Waals surface area contributed by atoms with Crippen LogP contribution in [-0.4, -0.2) is 12.6 Å². The van der Waals surface area contributed by atoms with Gasteiger partial charge in [0.2, 0.25) is 0 Å². The molecular weight excluding hydrogens is 242 g/mol. The number of hydrogen-bond donors (Lipinski definition) is 1. The average Bonchev–Trinajstić information content (AvgIpc) is 2.48. The van der Waals surface area contributed by atoms with Crippen LogP contribution in [0, 0.1) is 11.8 Å². The SMILES string of the molecule is CC(CCNC1CCCC(C(C)C)C1)c1ccccc1. The summed E-state index contributed by atoms with van der Waals surface area (Å²) in [7, 11) is 0. The Morgan fingerprint density at radius 3 is 2.55 bits per heavy atom. The van der Waals surface area contributed by atoms with Gasteiger partial charge in [0.05, 0.1) is 0 Å². The third kappa shape index (κ3) is 4.63. The fourth-order valence-electron chi connectivity index (χ4n) is 3.47. The Kier molecular flexibility index (Phi) is 6.09. The molecule has 20 heavy (non-hydrogen) atoms. The maximum Gasteiger partial charge on any atom is 0.00698 e. The molecule has 0 saturated heterocycles. The van der Waals surface area contributed by atoms with Crippen LogP contribution in [-0.2, 0) is 0 Å². The molecule has 1 aliphatic carbocycles. The Balaban J connectivity index is 1.70. The molecule has 0 amide bonds. The van der Waals surface area contributed by atoms with Gasteiger partial charge in [-0.15, -0.1) is 0 Å². The molecule has 0 bridgehead atoms. The summed E-state index contributed by atoms with van der Waals surface area (Å²) in [6.07, 6.45) is 6.86. The molecule has 1 aliphatic rings. The monoisotopic (exact) mass is 273 g/mol. The summed E-state index contributed by atoms with van der Waals surface area (Å²) < 4.78 is 0. The fraction of sp³-hybridized carbons (Fsp3) is 0.684. The van der Waals surface area contributed by atoms with E-state index in [1.165, 1.54) is 37.7 Å². The maximum atomic E-state index is 3.81. The largest absolute Gasteiger partial charge is 0.314 e. The lowest BCUT2D eigenvalue weighted by Gasteiger charge is -2.32. The number of nitrogens with one attached hydrogen (secondary N) is 1. The van der Waals surface area contributed by atoms with Crippen molar-refractivity contribution >= 4 is 0 Å². The zero-order valence-electron chi connectivity index (χ0n) is 13.4. The minimum absolute atomic E-state index is 0.660. The van der Waals surface area contributed by atoms with Gasteiger partial charge in [-0.2, -0.15) is 0 Å². The lowest BCUT2D eigenvalue weighted by atomic mass is 9.79. The van der Waals surface area contributed by atoms with Crippen molar-refractivity contribution < 1.29 is 0 Å². The van der Waals surface area contributed by atoms with Gasteiger partial charge < -0.3 is 5.32 Å². The molecule has 2 rings (SSSR count). The molecule has 112 valence electrons. The highest BCUT2D eigenvalue weighted by Gasteiger charge is 2.23. The predicted molar refractivity (Wildman–Crippen MR) is 88.1 cm³/mol. The fourth-order valence-corrected chi connectivity index (χ4v) is 3.47. The van der Waals surface area contributed by atoms with E-state index >= 15 is 0 Å². The van der Waals surface area contributed by atoms with Crippen molar-refractivity contribution in [3.8, 4) is 0 Å². The summed E-state index contributed by atoms with van der Waals surface area (Å²) in [6, 6.07) is 11.7. The van der Waals surface area contributed by atoms with Gasteiger partial charge in [0.1, 0.15) is 0 Å². The smallest absolute Gasteiger partial charge is 0.00698 e.